The largest absolute Gasteiger partial charge is 0.357 e. The molecule has 25 heavy (non-hydrogen) atoms. The molecule has 2 heterocycles. The van der Waals surface area contributed by atoms with Crippen molar-refractivity contribution in [3.8, 4) is 6.07 Å². The maximum atomic E-state index is 13.9. The van der Waals surface area contributed by atoms with Crippen molar-refractivity contribution in [3.63, 3.8) is 0 Å². The summed E-state index contributed by atoms with van der Waals surface area (Å²) < 4.78 is 15.8. The van der Waals surface area contributed by atoms with E-state index in [-0.39, 0.29) is 18.4 Å². The molecule has 1 aromatic carbocycles. The van der Waals surface area contributed by atoms with Gasteiger partial charge in [-0.05, 0) is 31.5 Å². The molecule has 0 amide bonds. The van der Waals surface area contributed by atoms with Gasteiger partial charge in [-0.15, -0.1) is 0 Å². The normalized spacial score (nSPS) is 16.8. The van der Waals surface area contributed by atoms with E-state index < -0.39 is 0 Å². The summed E-state index contributed by atoms with van der Waals surface area (Å²) in [6, 6.07) is 6.50. The van der Waals surface area contributed by atoms with E-state index in [1.165, 1.54) is 18.2 Å². The van der Waals surface area contributed by atoms with Crippen LogP contribution in [0.4, 0.5) is 4.39 Å². The lowest BCUT2D eigenvalue weighted by Crippen LogP contribution is -2.47. The predicted molar refractivity (Wildman–Crippen MR) is 91.2 cm³/mol. The first kappa shape index (κ1) is 16.9. The van der Waals surface area contributed by atoms with Gasteiger partial charge in [0, 0.05) is 24.6 Å². The van der Waals surface area contributed by atoms with E-state index >= 15 is 0 Å². The Bertz CT molecular complexity index is 806. The number of halogens is 1. The van der Waals surface area contributed by atoms with Crippen molar-refractivity contribution >= 4 is 5.96 Å². The van der Waals surface area contributed by atoms with Gasteiger partial charge in [-0.25, -0.2) is 19.0 Å². The van der Waals surface area contributed by atoms with Gasteiger partial charge in [0.2, 0.25) is 0 Å². The number of rotatable bonds is 4. The van der Waals surface area contributed by atoms with E-state index in [1.54, 1.807) is 6.33 Å². The molecule has 2 N–H and O–H groups in total. The lowest BCUT2D eigenvalue weighted by molar-refractivity contribution is 0.392. The summed E-state index contributed by atoms with van der Waals surface area (Å²) in [6.45, 7) is 3.56. The second kappa shape index (κ2) is 7.75. The minimum Gasteiger partial charge on any atom is -0.357 e. The topological polar surface area (TPSA) is 90.9 Å². The van der Waals surface area contributed by atoms with Crippen LogP contribution in [0.1, 0.15) is 30.3 Å². The van der Waals surface area contributed by atoms with E-state index in [0.717, 1.165) is 25.2 Å². The van der Waals surface area contributed by atoms with Gasteiger partial charge < -0.3 is 10.6 Å². The third-order valence-electron chi connectivity index (χ3n) is 4.07. The molecule has 3 rings (SSSR count). The number of aromatic nitrogens is 3. The number of aliphatic imine (C=N–C) groups is 1. The van der Waals surface area contributed by atoms with Crippen molar-refractivity contribution in [3.05, 3.63) is 47.3 Å². The Morgan fingerprint density at radius 1 is 1.52 bits per heavy atom. The molecule has 7 nitrogen and oxygen atoms in total. The van der Waals surface area contributed by atoms with Crippen molar-refractivity contribution in [2.24, 2.45) is 4.99 Å². The van der Waals surface area contributed by atoms with Crippen LogP contribution >= 0.6 is 0 Å². The van der Waals surface area contributed by atoms with Crippen molar-refractivity contribution in [2.45, 2.75) is 38.9 Å². The highest BCUT2D eigenvalue weighted by atomic mass is 19.1. The summed E-state index contributed by atoms with van der Waals surface area (Å²) in [7, 11) is 0. The summed E-state index contributed by atoms with van der Waals surface area (Å²) in [5.41, 5.74) is 0.828. The molecule has 1 aliphatic rings. The van der Waals surface area contributed by atoms with Gasteiger partial charge in [0.1, 0.15) is 18.0 Å². The van der Waals surface area contributed by atoms with Crippen LogP contribution in [-0.2, 0) is 19.5 Å². The molecule has 0 saturated heterocycles. The molecular formula is C17H20FN7. The molecule has 0 fully saturated rings. The van der Waals surface area contributed by atoms with E-state index in [2.05, 4.69) is 25.7 Å². The summed E-state index contributed by atoms with van der Waals surface area (Å²) in [5, 5.41) is 19.7. The Balaban J connectivity index is 1.69. The summed E-state index contributed by atoms with van der Waals surface area (Å²) >= 11 is 0. The minimum atomic E-state index is -0.358. The fraction of sp³-hybridized carbons (Fsp3) is 0.412. The first-order valence-electron chi connectivity index (χ1n) is 8.29. The van der Waals surface area contributed by atoms with Crippen LogP contribution in [-0.4, -0.2) is 33.3 Å². The van der Waals surface area contributed by atoms with Crippen LogP contribution in [0.5, 0.6) is 0 Å². The number of nitrogens with zero attached hydrogens (tertiary/aromatic N) is 5. The second-order valence-electron chi connectivity index (χ2n) is 5.85. The summed E-state index contributed by atoms with van der Waals surface area (Å²) in [5.74, 6) is 1.26. The second-order valence-corrected chi connectivity index (χ2v) is 5.85. The first-order valence-corrected chi connectivity index (χ1v) is 8.29. The molecule has 130 valence electrons. The van der Waals surface area contributed by atoms with Crippen molar-refractivity contribution in [2.75, 3.05) is 6.54 Å². The Morgan fingerprint density at radius 2 is 2.40 bits per heavy atom. The first-order chi connectivity index (χ1) is 12.2. The van der Waals surface area contributed by atoms with Gasteiger partial charge in [-0.2, -0.15) is 10.4 Å². The molecule has 0 aliphatic carbocycles. The molecule has 2 aromatic rings. The average molecular weight is 341 g/mol. The van der Waals surface area contributed by atoms with E-state index in [4.69, 9.17) is 5.26 Å². The third kappa shape index (κ3) is 4.12. The van der Waals surface area contributed by atoms with E-state index in [9.17, 15) is 4.39 Å². The Kier molecular flexibility index (Phi) is 5.23. The maximum absolute atomic E-state index is 13.9. The standard InChI is InChI=1S/C17H20FN7/c1-2-20-17(21-9-13-7-12(8-19)3-5-15(13)18)24-14-4-6-16-22-11-23-25(16)10-14/h3,5,7,11,14H,2,4,6,9-10H2,1H3,(H2,20,21,24). The number of hydrogen-bond donors (Lipinski definition) is 2. The Hall–Kier alpha value is -2.95. The fourth-order valence-electron chi connectivity index (χ4n) is 2.80. The molecule has 0 saturated carbocycles. The molecule has 0 spiro atoms. The molecule has 1 aliphatic heterocycles. The van der Waals surface area contributed by atoms with Crippen LogP contribution in [0.2, 0.25) is 0 Å². The number of aryl methyl sites for hydroxylation is 1. The minimum absolute atomic E-state index is 0.165. The highest BCUT2D eigenvalue weighted by Gasteiger charge is 2.20. The number of guanidine groups is 1. The number of fused-ring (bicyclic) bond motifs is 1. The lowest BCUT2D eigenvalue weighted by Gasteiger charge is -2.25. The van der Waals surface area contributed by atoms with Gasteiger partial charge in [-0.3, -0.25) is 0 Å². The molecule has 1 unspecified atom stereocenters. The van der Waals surface area contributed by atoms with Crippen molar-refractivity contribution in [1.29, 1.82) is 5.26 Å². The highest BCUT2D eigenvalue weighted by molar-refractivity contribution is 5.80. The van der Waals surface area contributed by atoms with Gasteiger partial charge in [-0.1, -0.05) is 0 Å². The van der Waals surface area contributed by atoms with E-state index in [1.807, 2.05) is 17.7 Å². The molecule has 1 aromatic heterocycles. The average Bonchev–Trinajstić information content (AvgIpc) is 3.09. The number of hydrogen-bond acceptors (Lipinski definition) is 4. The zero-order valence-electron chi connectivity index (χ0n) is 14.0. The molecule has 1 atom stereocenters. The lowest BCUT2D eigenvalue weighted by atomic mass is 10.1. The van der Waals surface area contributed by atoms with Crippen molar-refractivity contribution in [1.82, 2.24) is 25.4 Å². The molecule has 0 radical (unpaired) electrons. The van der Waals surface area contributed by atoms with Crippen molar-refractivity contribution < 1.29 is 4.39 Å². The van der Waals surface area contributed by atoms with Gasteiger partial charge in [0.05, 0.1) is 24.7 Å². The maximum Gasteiger partial charge on any atom is 0.191 e. The zero-order chi connectivity index (χ0) is 17.6. The fourth-order valence-corrected chi connectivity index (χ4v) is 2.80. The monoisotopic (exact) mass is 341 g/mol. The summed E-state index contributed by atoms with van der Waals surface area (Å²) in [4.78, 5) is 8.68. The van der Waals surface area contributed by atoms with Gasteiger partial charge >= 0.3 is 0 Å². The van der Waals surface area contributed by atoms with E-state index in [0.29, 0.717) is 23.6 Å². The smallest absolute Gasteiger partial charge is 0.191 e. The zero-order valence-corrected chi connectivity index (χ0v) is 14.0. The molecule has 0 bridgehead atoms. The Morgan fingerprint density at radius 3 is 3.20 bits per heavy atom. The highest BCUT2D eigenvalue weighted by Crippen LogP contribution is 2.13. The predicted octanol–water partition coefficient (Wildman–Crippen LogP) is 1.36. The van der Waals surface area contributed by atoms with Crippen LogP contribution < -0.4 is 10.6 Å². The number of nitrogens with one attached hydrogen (secondary N) is 2. The van der Waals surface area contributed by atoms with Crippen LogP contribution in [0, 0.1) is 17.1 Å². The van der Waals surface area contributed by atoms with Gasteiger partial charge in [0.25, 0.3) is 0 Å². The Labute approximate surface area is 145 Å². The quantitative estimate of drug-likeness (QED) is 0.647. The SMILES string of the molecule is CCNC(=NCc1cc(C#N)ccc1F)NC1CCc2ncnn2C1. The molecular weight excluding hydrogens is 321 g/mol. The van der Waals surface area contributed by atoms with Crippen LogP contribution in [0.15, 0.2) is 29.5 Å². The number of benzene rings is 1. The number of nitriles is 1. The third-order valence-corrected chi connectivity index (χ3v) is 4.07. The van der Waals surface area contributed by atoms with Gasteiger partial charge in [0.15, 0.2) is 5.96 Å². The summed E-state index contributed by atoms with van der Waals surface area (Å²) in [6.07, 6.45) is 3.36. The van der Waals surface area contributed by atoms with Crippen LogP contribution in [0.3, 0.4) is 0 Å². The molecule has 8 heteroatoms. The van der Waals surface area contributed by atoms with Crippen LogP contribution in [0.25, 0.3) is 0 Å².